The van der Waals surface area contributed by atoms with Gasteiger partial charge in [-0.2, -0.15) is 39.5 Å². The van der Waals surface area contributed by atoms with Gasteiger partial charge in [-0.15, -0.1) is 0 Å². The topological polar surface area (TPSA) is 51.2 Å². The Morgan fingerprint density at radius 3 is 2.00 bits per heavy atom. The van der Waals surface area contributed by atoms with E-state index in [1.165, 1.54) is 0 Å². The molecule has 0 spiro atoms. The molecule has 3 aliphatic rings. The van der Waals surface area contributed by atoms with E-state index in [4.69, 9.17) is 14.6 Å². The van der Waals surface area contributed by atoms with Gasteiger partial charge in [0, 0.05) is 25.3 Å². The Balaban J connectivity index is 1.17. The van der Waals surface area contributed by atoms with Crippen molar-refractivity contribution >= 4 is 0 Å². The molecule has 0 aromatic heterocycles. The van der Waals surface area contributed by atoms with Gasteiger partial charge in [0.25, 0.3) is 0 Å². The maximum absolute atomic E-state index is 15.1. The minimum Gasteiger partial charge on any atom is -0.489 e. The van der Waals surface area contributed by atoms with Gasteiger partial charge in [-0.05, 0) is 118 Å². The standard InChI is InChI=1S/C40H48F13NO4/c1-36-15-14-26-25-11-9-24(57-22-29-34(43)32(41)28(33(42)35(29)44)21-54(2)16-5-3-4-6-17-55)20-23(25)8-10-27(26)30(36)12-13-31(36)56-18-7-19-58-37(38(45,46)47,39(48,49)50)40(51,52)53/h9,11,20,26-27,30-31,55H,3-8,10,12-19,21-22H2,1-2H3/t26-,27-,30+,31+,36+/m1/s1. The van der Waals surface area contributed by atoms with Crippen molar-refractivity contribution in [3.63, 3.8) is 0 Å². The van der Waals surface area contributed by atoms with Crippen molar-refractivity contribution in [2.24, 2.45) is 17.3 Å². The molecule has 2 saturated carbocycles. The summed E-state index contributed by atoms with van der Waals surface area (Å²) in [6.45, 7) is -0.500. The third-order valence-electron chi connectivity index (χ3n) is 12.4. The molecule has 18 heteroatoms. The number of nitrogens with zero attached hydrogens (tertiary/aromatic N) is 1. The molecular weight excluding hydrogens is 805 g/mol. The second kappa shape index (κ2) is 18.0. The number of benzene rings is 2. The molecule has 328 valence electrons. The number of aliphatic hydroxyl groups is 1. The normalized spacial score (nSPS) is 23.9. The third kappa shape index (κ3) is 9.09. The van der Waals surface area contributed by atoms with E-state index in [9.17, 15) is 39.5 Å². The average Bonchev–Trinajstić information content (AvgIpc) is 3.47. The number of fused-ring (bicyclic) bond motifs is 5. The van der Waals surface area contributed by atoms with E-state index in [0.717, 1.165) is 36.8 Å². The van der Waals surface area contributed by atoms with Crippen LogP contribution in [-0.2, 0) is 29.0 Å². The summed E-state index contributed by atoms with van der Waals surface area (Å²) in [5, 5.41) is 8.88. The molecule has 2 aromatic rings. The second-order valence-electron chi connectivity index (χ2n) is 16.0. The van der Waals surface area contributed by atoms with Crippen LogP contribution in [-0.4, -0.2) is 73.7 Å². The molecule has 0 heterocycles. The van der Waals surface area contributed by atoms with Crippen LogP contribution in [0.3, 0.4) is 0 Å². The van der Waals surface area contributed by atoms with Gasteiger partial charge in [-0.3, -0.25) is 0 Å². The van der Waals surface area contributed by atoms with Crippen LogP contribution < -0.4 is 4.74 Å². The van der Waals surface area contributed by atoms with Crippen molar-refractivity contribution in [2.45, 2.75) is 127 Å². The van der Waals surface area contributed by atoms with Crippen LogP contribution in [0.25, 0.3) is 0 Å². The van der Waals surface area contributed by atoms with Gasteiger partial charge in [-0.1, -0.05) is 25.8 Å². The minimum absolute atomic E-state index is 0.0677. The first-order valence-electron chi connectivity index (χ1n) is 19.4. The Morgan fingerprint density at radius 2 is 1.38 bits per heavy atom. The van der Waals surface area contributed by atoms with Crippen LogP contribution >= 0.6 is 0 Å². The Labute approximate surface area is 328 Å². The number of hydrogen-bond donors (Lipinski definition) is 1. The summed E-state index contributed by atoms with van der Waals surface area (Å²) in [7, 11) is 1.58. The molecule has 2 fully saturated rings. The molecule has 0 radical (unpaired) electrons. The number of halogens is 13. The van der Waals surface area contributed by atoms with E-state index in [-0.39, 0.29) is 36.7 Å². The SMILES string of the molecule is CN(CCCCCCO)Cc1c(F)c(F)c(COc2ccc3c(c2)CC[C@@H]2[C@@H]3CC[C@]3(C)[C@@H](OCCCOC(C(F)(F)F)(C(F)(F)F)C(F)(F)F)CC[C@@H]23)c(F)c1F. The van der Waals surface area contributed by atoms with E-state index < -0.39 is 96.3 Å². The molecule has 5 rings (SSSR count). The quantitative estimate of drug-likeness (QED) is 0.0976. The molecule has 0 aliphatic heterocycles. The highest BCUT2D eigenvalue weighted by Crippen LogP contribution is 2.62. The third-order valence-corrected chi connectivity index (χ3v) is 12.4. The lowest BCUT2D eigenvalue weighted by Crippen LogP contribution is -2.67. The van der Waals surface area contributed by atoms with Crippen LogP contribution in [0.2, 0.25) is 0 Å². The molecule has 5 atom stereocenters. The van der Waals surface area contributed by atoms with Gasteiger partial charge in [0.1, 0.15) is 12.4 Å². The summed E-state index contributed by atoms with van der Waals surface area (Å²) < 4.78 is 194. The molecule has 3 aliphatic carbocycles. The summed E-state index contributed by atoms with van der Waals surface area (Å²) in [6, 6.07) is 5.21. The highest BCUT2D eigenvalue weighted by molar-refractivity contribution is 5.41. The number of rotatable bonds is 17. The van der Waals surface area contributed by atoms with Crippen molar-refractivity contribution in [3.05, 3.63) is 63.7 Å². The molecule has 5 nitrogen and oxygen atoms in total. The van der Waals surface area contributed by atoms with Crippen molar-refractivity contribution in [2.75, 3.05) is 33.4 Å². The van der Waals surface area contributed by atoms with Crippen LogP contribution in [0.1, 0.15) is 99.3 Å². The summed E-state index contributed by atoms with van der Waals surface area (Å²) >= 11 is 0. The molecule has 1 N–H and O–H groups in total. The van der Waals surface area contributed by atoms with Crippen LogP contribution in [0, 0.1) is 40.5 Å². The zero-order valence-electron chi connectivity index (χ0n) is 32.1. The number of aliphatic hydroxyl groups excluding tert-OH is 1. The first kappa shape index (κ1) is 46.2. The van der Waals surface area contributed by atoms with Crippen LogP contribution in [0.5, 0.6) is 5.75 Å². The Morgan fingerprint density at radius 1 is 0.759 bits per heavy atom. The summed E-state index contributed by atoms with van der Waals surface area (Å²) in [4.78, 5) is 1.56. The first-order valence-corrected chi connectivity index (χ1v) is 19.4. The van der Waals surface area contributed by atoms with Gasteiger partial charge in [0.15, 0.2) is 23.3 Å². The van der Waals surface area contributed by atoms with Crippen LogP contribution in [0.4, 0.5) is 57.1 Å². The minimum atomic E-state index is -6.80. The Bertz CT molecular complexity index is 1650. The van der Waals surface area contributed by atoms with Gasteiger partial charge in [-0.25, -0.2) is 17.6 Å². The summed E-state index contributed by atoms with van der Waals surface area (Å²) in [5.41, 5.74) is -6.33. The highest BCUT2D eigenvalue weighted by Gasteiger charge is 2.85. The lowest BCUT2D eigenvalue weighted by atomic mass is 9.55. The maximum atomic E-state index is 15.1. The monoisotopic (exact) mass is 853 g/mol. The molecule has 2 aromatic carbocycles. The smallest absolute Gasteiger partial charge is 0.435 e. The van der Waals surface area contributed by atoms with E-state index in [1.54, 1.807) is 24.1 Å². The van der Waals surface area contributed by atoms with Crippen LogP contribution in [0.15, 0.2) is 18.2 Å². The van der Waals surface area contributed by atoms with E-state index >= 15 is 17.6 Å². The number of alkyl halides is 9. The fraction of sp³-hybridized carbons (Fsp3) is 0.700. The van der Waals surface area contributed by atoms with Gasteiger partial charge < -0.3 is 24.2 Å². The lowest BCUT2D eigenvalue weighted by molar-refractivity contribution is -0.457. The Kier molecular flexibility index (Phi) is 14.4. The highest BCUT2D eigenvalue weighted by atomic mass is 19.4. The van der Waals surface area contributed by atoms with Crippen molar-refractivity contribution < 1.29 is 76.4 Å². The maximum Gasteiger partial charge on any atom is 0.435 e. The molecule has 58 heavy (non-hydrogen) atoms. The van der Waals surface area contributed by atoms with E-state index in [1.807, 2.05) is 13.0 Å². The summed E-state index contributed by atoms with van der Waals surface area (Å²) in [5.74, 6) is -5.34. The van der Waals surface area contributed by atoms with Crippen molar-refractivity contribution in [1.29, 1.82) is 0 Å². The molecule has 0 bridgehead atoms. The number of aryl methyl sites for hydroxylation is 1. The average molecular weight is 854 g/mol. The summed E-state index contributed by atoms with van der Waals surface area (Å²) in [6.07, 6.45) is -14.6. The second-order valence-corrected chi connectivity index (χ2v) is 16.0. The zero-order valence-corrected chi connectivity index (χ0v) is 32.1. The van der Waals surface area contributed by atoms with Gasteiger partial charge in [0.2, 0.25) is 0 Å². The Hall–Kier alpha value is -2.83. The predicted octanol–water partition coefficient (Wildman–Crippen LogP) is 10.9. The fourth-order valence-electron chi connectivity index (χ4n) is 9.45. The number of ether oxygens (including phenoxy) is 3. The van der Waals surface area contributed by atoms with Crippen molar-refractivity contribution in [3.8, 4) is 5.75 Å². The molecule has 0 saturated heterocycles. The number of unbranched alkanes of at least 4 members (excludes halogenated alkanes) is 3. The fourth-order valence-corrected chi connectivity index (χ4v) is 9.45. The van der Waals surface area contributed by atoms with Gasteiger partial charge >= 0.3 is 24.1 Å². The first-order chi connectivity index (χ1) is 27.1. The molecular formula is C40H48F13NO4. The largest absolute Gasteiger partial charge is 0.489 e. The van der Waals surface area contributed by atoms with E-state index in [2.05, 4.69) is 4.74 Å². The predicted molar refractivity (Wildman–Crippen MR) is 185 cm³/mol. The molecule has 0 amide bonds. The lowest BCUT2D eigenvalue weighted by Gasteiger charge is -2.50. The molecule has 0 unspecified atom stereocenters. The van der Waals surface area contributed by atoms with E-state index in [0.29, 0.717) is 45.1 Å². The number of hydrogen-bond acceptors (Lipinski definition) is 5. The van der Waals surface area contributed by atoms with Gasteiger partial charge in [0.05, 0.1) is 18.3 Å². The zero-order chi connectivity index (χ0) is 42.8. The van der Waals surface area contributed by atoms with Crippen molar-refractivity contribution in [1.82, 2.24) is 4.90 Å².